The molecule has 0 amide bonds. The molecular formula is C18H22N2O. The Morgan fingerprint density at radius 2 is 2.10 bits per heavy atom. The van der Waals surface area contributed by atoms with Crippen molar-refractivity contribution in [3.05, 3.63) is 53.3 Å². The van der Waals surface area contributed by atoms with Crippen LogP contribution >= 0.6 is 0 Å². The molecule has 3 nitrogen and oxygen atoms in total. The standard InChI is InChI=1S/C18H22N2O/c1-13(2)20-11-10-16(19-20)12-15-8-5-7-14-6-3-4-9-17(14)18(15)21/h3-4,6,9-11,13,15H,5,7-8,12H2,1-2H3. The van der Waals surface area contributed by atoms with Crippen LogP contribution < -0.4 is 0 Å². The molecule has 0 aliphatic heterocycles. The van der Waals surface area contributed by atoms with E-state index in [4.69, 9.17) is 0 Å². The van der Waals surface area contributed by atoms with Crippen molar-refractivity contribution in [1.29, 1.82) is 0 Å². The average molecular weight is 282 g/mol. The molecule has 110 valence electrons. The maximum Gasteiger partial charge on any atom is 0.166 e. The van der Waals surface area contributed by atoms with Crippen LogP contribution in [0.15, 0.2) is 36.5 Å². The van der Waals surface area contributed by atoms with Crippen LogP contribution in [0.3, 0.4) is 0 Å². The summed E-state index contributed by atoms with van der Waals surface area (Å²) < 4.78 is 1.96. The normalized spacial score (nSPS) is 18.6. The van der Waals surface area contributed by atoms with E-state index in [2.05, 4.69) is 25.0 Å². The summed E-state index contributed by atoms with van der Waals surface area (Å²) >= 11 is 0. The molecule has 1 unspecified atom stereocenters. The summed E-state index contributed by atoms with van der Waals surface area (Å²) in [6.45, 7) is 4.23. The number of benzene rings is 1. The zero-order chi connectivity index (χ0) is 14.8. The number of aromatic nitrogens is 2. The van der Waals surface area contributed by atoms with Crippen molar-refractivity contribution in [3.63, 3.8) is 0 Å². The second-order valence-corrected chi connectivity index (χ2v) is 6.20. The summed E-state index contributed by atoms with van der Waals surface area (Å²) in [6, 6.07) is 10.5. The third kappa shape index (κ3) is 2.92. The quantitative estimate of drug-likeness (QED) is 0.802. The zero-order valence-electron chi connectivity index (χ0n) is 12.7. The van der Waals surface area contributed by atoms with Crippen LogP contribution in [0.2, 0.25) is 0 Å². The molecule has 0 radical (unpaired) electrons. The number of nitrogens with zero attached hydrogens (tertiary/aromatic N) is 2. The number of hydrogen-bond donors (Lipinski definition) is 0. The minimum atomic E-state index is 0.0733. The SMILES string of the molecule is CC(C)n1ccc(CC2CCCc3ccccc3C2=O)n1. The maximum absolute atomic E-state index is 12.7. The van der Waals surface area contributed by atoms with Gasteiger partial charge in [-0.15, -0.1) is 0 Å². The van der Waals surface area contributed by atoms with Gasteiger partial charge in [-0.3, -0.25) is 9.48 Å². The minimum absolute atomic E-state index is 0.0733. The summed E-state index contributed by atoms with van der Waals surface area (Å²) in [7, 11) is 0. The number of Topliss-reactive ketones (excluding diaryl/α,β-unsaturated/α-hetero) is 1. The second-order valence-electron chi connectivity index (χ2n) is 6.20. The molecule has 0 saturated carbocycles. The van der Waals surface area contributed by atoms with E-state index in [0.717, 1.165) is 36.9 Å². The molecular weight excluding hydrogens is 260 g/mol. The largest absolute Gasteiger partial charge is 0.294 e. The van der Waals surface area contributed by atoms with Crippen LogP contribution in [0.1, 0.15) is 54.3 Å². The Morgan fingerprint density at radius 3 is 2.86 bits per heavy atom. The van der Waals surface area contributed by atoms with Gasteiger partial charge in [-0.25, -0.2) is 0 Å². The lowest BCUT2D eigenvalue weighted by atomic mass is 9.91. The summed E-state index contributed by atoms with van der Waals surface area (Å²) in [6.07, 6.45) is 5.82. The molecule has 21 heavy (non-hydrogen) atoms. The number of carbonyl (C=O) groups excluding carboxylic acids is 1. The van der Waals surface area contributed by atoms with Gasteiger partial charge in [0.15, 0.2) is 5.78 Å². The van der Waals surface area contributed by atoms with Crippen molar-refractivity contribution >= 4 is 5.78 Å². The Morgan fingerprint density at radius 1 is 1.29 bits per heavy atom. The molecule has 0 fully saturated rings. The number of hydrogen-bond acceptors (Lipinski definition) is 2. The van der Waals surface area contributed by atoms with Crippen molar-refractivity contribution in [2.45, 2.75) is 45.6 Å². The molecule has 1 aromatic carbocycles. The van der Waals surface area contributed by atoms with Crippen LogP contribution in [0.25, 0.3) is 0 Å². The monoisotopic (exact) mass is 282 g/mol. The molecule has 3 rings (SSSR count). The Bertz CT molecular complexity index is 642. The van der Waals surface area contributed by atoms with E-state index in [-0.39, 0.29) is 5.92 Å². The number of rotatable bonds is 3. The lowest BCUT2D eigenvalue weighted by Crippen LogP contribution is -2.17. The molecule has 1 heterocycles. The molecule has 3 heteroatoms. The molecule has 0 bridgehead atoms. The highest BCUT2D eigenvalue weighted by Crippen LogP contribution is 2.26. The first-order chi connectivity index (χ1) is 10.1. The van der Waals surface area contributed by atoms with Gasteiger partial charge in [0, 0.05) is 30.1 Å². The fourth-order valence-corrected chi connectivity index (χ4v) is 3.09. The first kappa shape index (κ1) is 14.1. The zero-order valence-corrected chi connectivity index (χ0v) is 12.7. The van der Waals surface area contributed by atoms with Crippen LogP contribution in [-0.2, 0) is 12.8 Å². The second kappa shape index (κ2) is 5.84. The maximum atomic E-state index is 12.7. The van der Waals surface area contributed by atoms with E-state index in [1.165, 1.54) is 5.56 Å². The number of aryl methyl sites for hydroxylation is 1. The summed E-state index contributed by atoms with van der Waals surface area (Å²) in [5.41, 5.74) is 3.16. The fraction of sp³-hybridized carbons (Fsp3) is 0.444. The Balaban J connectivity index is 1.80. The van der Waals surface area contributed by atoms with E-state index >= 15 is 0 Å². The molecule has 1 aliphatic rings. The third-order valence-corrected chi connectivity index (χ3v) is 4.30. The predicted molar refractivity (Wildman–Crippen MR) is 83.5 cm³/mol. The molecule has 1 aromatic heterocycles. The van der Waals surface area contributed by atoms with Crippen molar-refractivity contribution in [2.75, 3.05) is 0 Å². The highest BCUT2D eigenvalue weighted by Gasteiger charge is 2.26. The number of fused-ring (bicyclic) bond motifs is 1. The molecule has 0 saturated heterocycles. The van der Waals surface area contributed by atoms with Crippen LogP contribution in [0, 0.1) is 5.92 Å². The van der Waals surface area contributed by atoms with Crippen molar-refractivity contribution in [1.82, 2.24) is 9.78 Å². The Kier molecular flexibility index (Phi) is 3.91. The topological polar surface area (TPSA) is 34.9 Å². The smallest absolute Gasteiger partial charge is 0.166 e. The van der Waals surface area contributed by atoms with Gasteiger partial charge in [-0.05, 0) is 44.7 Å². The van der Waals surface area contributed by atoms with E-state index in [9.17, 15) is 4.79 Å². The Labute approximate surface area is 126 Å². The molecule has 0 spiro atoms. The van der Waals surface area contributed by atoms with Gasteiger partial charge in [-0.1, -0.05) is 24.3 Å². The van der Waals surface area contributed by atoms with Crippen molar-refractivity contribution in [2.24, 2.45) is 5.92 Å². The lowest BCUT2D eigenvalue weighted by Gasteiger charge is -2.12. The van der Waals surface area contributed by atoms with Gasteiger partial charge < -0.3 is 0 Å². The van der Waals surface area contributed by atoms with Crippen molar-refractivity contribution < 1.29 is 4.79 Å². The molecule has 1 aliphatic carbocycles. The Hall–Kier alpha value is -1.90. The minimum Gasteiger partial charge on any atom is -0.294 e. The summed E-state index contributed by atoms with van der Waals surface area (Å²) in [5, 5.41) is 4.59. The highest BCUT2D eigenvalue weighted by atomic mass is 16.1. The van der Waals surface area contributed by atoms with Crippen LogP contribution in [0.5, 0.6) is 0 Å². The first-order valence-electron chi connectivity index (χ1n) is 7.81. The lowest BCUT2D eigenvalue weighted by molar-refractivity contribution is 0.0914. The number of carbonyl (C=O) groups is 1. The average Bonchev–Trinajstić information content (AvgIpc) is 2.89. The summed E-state index contributed by atoms with van der Waals surface area (Å²) in [5.74, 6) is 0.367. The van der Waals surface area contributed by atoms with E-state index < -0.39 is 0 Å². The molecule has 1 atom stereocenters. The van der Waals surface area contributed by atoms with Gasteiger partial charge in [0.1, 0.15) is 0 Å². The van der Waals surface area contributed by atoms with E-state index in [1.807, 2.05) is 35.1 Å². The van der Waals surface area contributed by atoms with Gasteiger partial charge >= 0.3 is 0 Å². The fourth-order valence-electron chi connectivity index (χ4n) is 3.09. The van der Waals surface area contributed by atoms with Crippen LogP contribution in [-0.4, -0.2) is 15.6 Å². The first-order valence-corrected chi connectivity index (χ1v) is 7.81. The molecule has 2 aromatic rings. The predicted octanol–water partition coefficient (Wildman–Crippen LogP) is 3.84. The van der Waals surface area contributed by atoms with Gasteiger partial charge in [0.05, 0.1) is 5.69 Å². The highest BCUT2D eigenvalue weighted by molar-refractivity contribution is 5.99. The number of ketones is 1. The van der Waals surface area contributed by atoms with Crippen molar-refractivity contribution in [3.8, 4) is 0 Å². The van der Waals surface area contributed by atoms with Gasteiger partial charge in [0.2, 0.25) is 0 Å². The van der Waals surface area contributed by atoms with E-state index in [0.29, 0.717) is 11.8 Å². The van der Waals surface area contributed by atoms with Crippen LogP contribution in [0.4, 0.5) is 0 Å². The third-order valence-electron chi connectivity index (χ3n) is 4.30. The van der Waals surface area contributed by atoms with E-state index in [1.54, 1.807) is 0 Å². The van der Waals surface area contributed by atoms with Gasteiger partial charge in [-0.2, -0.15) is 5.10 Å². The molecule has 0 N–H and O–H groups in total. The van der Waals surface area contributed by atoms with Gasteiger partial charge in [0.25, 0.3) is 0 Å². The summed E-state index contributed by atoms with van der Waals surface area (Å²) in [4.78, 5) is 12.7.